The van der Waals surface area contributed by atoms with E-state index in [4.69, 9.17) is 33.7 Å². The molecule has 0 radical (unpaired) electrons. The van der Waals surface area contributed by atoms with E-state index in [1.54, 1.807) is 12.3 Å². The lowest BCUT2D eigenvalue weighted by Crippen LogP contribution is -2.53. The van der Waals surface area contributed by atoms with Gasteiger partial charge in [0.2, 0.25) is 0 Å². The molecule has 0 bridgehead atoms. The predicted molar refractivity (Wildman–Crippen MR) is 109 cm³/mol. The summed E-state index contributed by atoms with van der Waals surface area (Å²) >= 11 is 13.5. The first kappa shape index (κ1) is 19.4. The number of thioether (sulfide) groups is 1. The summed E-state index contributed by atoms with van der Waals surface area (Å²) in [5.41, 5.74) is 6.27. The smallest absolute Gasteiger partial charge is 0.286 e. The lowest BCUT2D eigenvalue weighted by Gasteiger charge is -2.42. The van der Waals surface area contributed by atoms with Crippen LogP contribution in [0.3, 0.4) is 0 Å². The van der Waals surface area contributed by atoms with Gasteiger partial charge in [0, 0.05) is 29.4 Å². The fourth-order valence-electron chi connectivity index (χ4n) is 3.77. The number of carbonyl (C=O) groups excluding carboxylic acids is 1. The molecule has 3 heterocycles. The van der Waals surface area contributed by atoms with Crippen LogP contribution in [0.2, 0.25) is 10.0 Å². The van der Waals surface area contributed by atoms with Crippen LogP contribution in [-0.4, -0.2) is 60.6 Å². The Bertz CT molecular complexity index is 809. The minimum Gasteiger partial charge on any atom is -0.379 e. The third-order valence-corrected chi connectivity index (χ3v) is 7.41. The van der Waals surface area contributed by atoms with Crippen LogP contribution in [0.1, 0.15) is 12.8 Å². The second-order valence-corrected chi connectivity index (χ2v) is 8.96. The van der Waals surface area contributed by atoms with Crippen LogP contribution in [0.25, 0.3) is 0 Å². The summed E-state index contributed by atoms with van der Waals surface area (Å²) in [4.78, 5) is 24.0. The third-order valence-electron chi connectivity index (χ3n) is 5.51. The van der Waals surface area contributed by atoms with E-state index in [1.165, 1.54) is 11.8 Å². The fraction of sp³-hybridized carbons (Fsp3) is 0.500. The van der Waals surface area contributed by atoms with E-state index >= 15 is 0 Å². The van der Waals surface area contributed by atoms with Crippen molar-refractivity contribution >= 4 is 52.1 Å². The number of hydrogen-bond donors (Lipinski definition) is 1. The van der Waals surface area contributed by atoms with Gasteiger partial charge in [0.15, 0.2) is 6.17 Å². The maximum Gasteiger partial charge on any atom is 0.286 e. The summed E-state index contributed by atoms with van der Waals surface area (Å²) < 4.78 is 5.56. The predicted octanol–water partition coefficient (Wildman–Crippen LogP) is 2.86. The first-order chi connectivity index (χ1) is 13.0. The van der Waals surface area contributed by atoms with Gasteiger partial charge >= 0.3 is 0 Å². The number of piperidine rings is 1. The van der Waals surface area contributed by atoms with Crippen molar-refractivity contribution in [3.63, 3.8) is 0 Å². The molecule has 4 rings (SSSR count). The Morgan fingerprint density at radius 3 is 2.74 bits per heavy atom. The number of benzene rings is 1. The van der Waals surface area contributed by atoms with E-state index in [0.717, 1.165) is 30.8 Å². The standard InChI is InChI=1S/C18H20Cl2N4O2S/c19-11-2-1-3-12(15(11)20)27-14-8-22-16(17(25)23-14)24-6-4-18(5-7-24)10-26-9-13(18)21/h1-3,8,13,16H,4-7,9-10,21H2/t13-,16?/m1/s1. The van der Waals surface area contributed by atoms with Gasteiger partial charge in [-0.1, -0.05) is 41.0 Å². The topological polar surface area (TPSA) is 80.3 Å². The Hall–Kier alpha value is -0.960. The molecule has 6 nitrogen and oxygen atoms in total. The zero-order valence-electron chi connectivity index (χ0n) is 14.6. The van der Waals surface area contributed by atoms with Gasteiger partial charge in [-0.05, 0) is 25.0 Å². The van der Waals surface area contributed by atoms with E-state index < -0.39 is 6.17 Å². The molecule has 0 aliphatic carbocycles. The van der Waals surface area contributed by atoms with Crippen molar-refractivity contribution < 1.29 is 9.53 Å². The largest absolute Gasteiger partial charge is 0.379 e. The molecule has 3 aliphatic rings. The van der Waals surface area contributed by atoms with Gasteiger partial charge in [-0.15, -0.1) is 0 Å². The zero-order valence-corrected chi connectivity index (χ0v) is 16.9. The number of aliphatic imine (C=N–C) groups is 2. The van der Waals surface area contributed by atoms with E-state index in [0.29, 0.717) is 28.3 Å². The molecule has 1 spiro atoms. The summed E-state index contributed by atoms with van der Waals surface area (Å²) in [7, 11) is 0. The summed E-state index contributed by atoms with van der Waals surface area (Å²) in [6, 6.07) is 5.44. The van der Waals surface area contributed by atoms with Gasteiger partial charge in [-0.2, -0.15) is 0 Å². The number of likely N-dealkylation sites (tertiary alicyclic amines) is 1. The van der Waals surface area contributed by atoms with Gasteiger partial charge < -0.3 is 10.5 Å². The van der Waals surface area contributed by atoms with Crippen LogP contribution in [0.15, 0.2) is 33.1 Å². The van der Waals surface area contributed by atoms with Crippen LogP contribution in [-0.2, 0) is 9.53 Å². The van der Waals surface area contributed by atoms with Crippen molar-refractivity contribution in [2.45, 2.75) is 29.9 Å². The molecule has 2 N–H and O–H groups in total. The molecule has 2 saturated heterocycles. The van der Waals surface area contributed by atoms with Gasteiger partial charge in [-0.25, -0.2) is 4.99 Å². The van der Waals surface area contributed by atoms with Crippen molar-refractivity contribution in [2.24, 2.45) is 21.1 Å². The molecule has 1 aromatic carbocycles. The van der Waals surface area contributed by atoms with Crippen LogP contribution >= 0.6 is 35.0 Å². The number of carbonyl (C=O) groups is 1. The number of amides is 1. The Labute approximate surface area is 172 Å². The molecule has 0 saturated carbocycles. The summed E-state index contributed by atoms with van der Waals surface area (Å²) in [6.45, 7) is 2.87. The second-order valence-electron chi connectivity index (χ2n) is 7.11. The second kappa shape index (κ2) is 7.81. The number of halogens is 2. The van der Waals surface area contributed by atoms with Gasteiger partial charge in [0.25, 0.3) is 5.91 Å². The average molecular weight is 427 g/mol. The van der Waals surface area contributed by atoms with Crippen LogP contribution in [0, 0.1) is 5.41 Å². The van der Waals surface area contributed by atoms with Gasteiger partial charge in [-0.3, -0.25) is 14.7 Å². The summed E-state index contributed by atoms with van der Waals surface area (Å²) in [6.07, 6.45) is 2.91. The number of ether oxygens (including phenoxy) is 1. The van der Waals surface area contributed by atoms with Gasteiger partial charge in [0.05, 0.1) is 29.5 Å². The Balaban J connectivity index is 1.40. The van der Waals surface area contributed by atoms with Crippen molar-refractivity contribution in [2.75, 3.05) is 26.3 Å². The monoisotopic (exact) mass is 426 g/mol. The molecule has 144 valence electrons. The molecule has 0 aromatic heterocycles. The number of hydrogen-bond acceptors (Lipinski definition) is 6. The lowest BCUT2D eigenvalue weighted by molar-refractivity contribution is -0.123. The van der Waals surface area contributed by atoms with E-state index in [-0.39, 0.29) is 17.4 Å². The van der Waals surface area contributed by atoms with Crippen LogP contribution in [0.5, 0.6) is 0 Å². The molecule has 2 atom stereocenters. The number of nitrogens with two attached hydrogens (primary N) is 1. The average Bonchev–Trinajstić information content (AvgIpc) is 3.00. The lowest BCUT2D eigenvalue weighted by atomic mass is 9.75. The molecule has 1 amide bonds. The minimum absolute atomic E-state index is 0.0472. The Kier molecular flexibility index (Phi) is 5.60. The maximum atomic E-state index is 12.6. The molecule has 3 aliphatic heterocycles. The summed E-state index contributed by atoms with van der Waals surface area (Å²) in [5.74, 6) is -0.249. The van der Waals surface area contributed by atoms with Crippen LogP contribution < -0.4 is 5.73 Å². The molecular formula is C18H20Cl2N4O2S. The molecule has 1 unspecified atom stereocenters. The highest BCUT2D eigenvalue weighted by molar-refractivity contribution is 8.15. The highest BCUT2D eigenvalue weighted by atomic mass is 35.5. The van der Waals surface area contributed by atoms with E-state index in [9.17, 15) is 4.79 Å². The zero-order chi connectivity index (χ0) is 19.0. The molecular weight excluding hydrogens is 407 g/mol. The van der Waals surface area contributed by atoms with Crippen molar-refractivity contribution in [1.82, 2.24) is 4.90 Å². The Morgan fingerprint density at radius 1 is 1.30 bits per heavy atom. The molecule has 27 heavy (non-hydrogen) atoms. The SMILES string of the molecule is N[C@@H]1COCC12CCN(C1N=CC(Sc3cccc(Cl)c3Cl)=NC1=O)CC2. The highest BCUT2D eigenvalue weighted by Gasteiger charge is 2.45. The summed E-state index contributed by atoms with van der Waals surface area (Å²) in [5, 5.41) is 1.43. The first-order valence-corrected chi connectivity index (χ1v) is 10.4. The van der Waals surface area contributed by atoms with Crippen molar-refractivity contribution in [1.29, 1.82) is 0 Å². The highest BCUT2D eigenvalue weighted by Crippen LogP contribution is 2.39. The van der Waals surface area contributed by atoms with Gasteiger partial charge in [0.1, 0.15) is 5.04 Å². The van der Waals surface area contributed by atoms with E-state index in [1.807, 2.05) is 12.1 Å². The first-order valence-electron chi connectivity index (χ1n) is 8.83. The third kappa shape index (κ3) is 3.81. The maximum absolute atomic E-state index is 12.6. The Morgan fingerprint density at radius 2 is 2.07 bits per heavy atom. The number of nitrogens with zero attached hydrogens (tertiary/aromatic N) is 3. The molecule has 9 heteroatoms. The molecule has 2 fully saturated rings. The van der Waals surface area contributed by atoms with Crippen LogP contribution in [0.4, 0.5) is 0 Å². The van der Waals surface area contributed by atoms with E-state index in [2.05, 4.69) is 14.9 Å². The number of rotatable bonds is 2. The fourth-order valence-corrected chi connectivity index (χ4v) is 5.06. The minimum atomic E-state index is -0.555. The quantitative estimate of drug-likeness (QED) is 0.785. The van der Waals surface area contributed by atoms with Crippen molar-refractivity contribution in [3.05, 3.63) is 28.2 Å². The van der Waals surface area contributed by atoms with Crippen molar-refractivity contribution in [3.8, 4) is 0 Å². The normalized spacial score (nSPS) is 28.0. The molecule has 1 aromatic rings.